The Morgan fingerprint density at radius 2 is 2.06 bits per heavy atom. The average molecular weight is 302 g/mol. The van der Waals surface area contributed by atoms with Gasteiger partial charge >= 0.3 is 0 Å². The molecule has 0 radical (unpaired) electrons. The number of halogens is 1. The van der Waals surface area contributed by atoms with E-state index in [0.29, 0.717) is 5.25 Å². The summed E-state index contributed by atoms with van der Waals surface area (Å²) < 4.78 is 0.999. The van der Waals surface area contributed by atoms with Gasteiger partial charge in [-0.25, -0.2) is 0 Å². The molecule has 2 atom stereocenters. The van der Waals surface area contributed by atoms with E-state index in [1.807, 2.05) is 18.2 Å². The summed E-state index contributed by atoms with van der Waals surface area (Å²) in [5, 5.41) is 10.2. The molecule has 2 unspecified atom stereocenters. The lowest BCUT2D eigenvalue weighted by molar-refractivity contribution is 0.137. The maximum absolute atomic E-state index is 9.90. The number of hydrogen-bond donors (Lipinski definition) is 2. The largest absolute Gasteiger partial charge is 0.398 e. The SMILES string of the molecule is Nc1cc(Br)ccc1SC1CCCCC1O. The Balaban J connectivity index is 2.07. The topological polar surface area (TPSA) is 46.2 Å². The van der Waals surface area contributed by atoms with E-state index in [9.17, 15) is 5.11 Å². The Morgan fingerprint density at radius 3 is 2.75 bits per heavy atom. The fraction of sp³-hybridized carbons (Fsp3) is 0.500. The summed E-state index contributed by atoms with van der Waals surface area (Å²) in [6.07, 6.45) is 4.19. The summed E-state index contributed by atoms with van der Waals surface area (Å²) in [6, 6.07) is 5.93. The van der Waals surface area contributed by atoms with Crippen LogP contribution in [0.25, 0.3) is 0 Å². The fourth-order valence-corrected chi connectivity index (χ4v) is 3.63. The van der Waals surface area contributed by atoms with Gasteiger partial charge in [0.2, 0.25) is 0 Å². The molecule has 0 aliphatic heterocycles. The van der Waals surface area contributed by atoms with Gasteiger partial charge in [0.15, 0.2) is 0 Å². The van der Waals surface area contributed by atoms with Crippen molar-refractivity contribution in [1.82, 2.24) is 0 Å². The molecular formula is C12H16BrNOS. The first kappa shape index (κ1) is 12.3. The molecule has 1 aliphatic carbocycles. The van der Waals surface area contributed by atoms with E-state index < -0.39 is 0 Å². The Kier molecular flexibility index (Phi) is 4.16. The molecule has 1 aromatic rings. The van der Waals surface area contributed by atoms with Gasteiger partial charge in [-0.3, -0.25) is 0 Å². The van der Waals surface area contributed by atoms with Gasteiger partial charge in [-0.1, -0.05) is 28.8 Å². The monoisotopic (exact) mass is 301 g/mol. The molecule has 88 valence electrons. The van der Waals surface area contributed by atoms with Gasteiger partial charge in [0.25, 0.3) is 0 Å². The third kappa shape index (κ3) is 2.93. The van der Waals surface area contributed by atoms with Crippen LogP contribution in [0.15, 0.2) is 27.6 Å². The van der Waals surface area contributed by atoms with Crippen LogP contribution >= 0.6 is 27.7 Å². The average Bonchev–Trinajstić information content (AvgIpc) is 2.25. The van der Waals surface area contributed by atoms with Gasteiger partial charge in [-0.15, -0.1) is 11.8 Å². The minimum atomic E-state index is -0.179. The lowest BCUT2D eigenvalue weighted by atomic mass is 9.97. The van der Waals surface area contributed by atoms with Crippen molar-refractivity contribution in [2.45, 2.75) is 41.9 Å². The summed E-state index contributed by atoms with van der Waals surface area (Å²) in [5.74, 6) is 0. The van der Waals surface area contributed by atoms with Crippen LogP contribution in [0, 0.1) is 0 Å². The number of anilines is 1. The summed E-state index contributed by atoms with van der Waals surface area (Å²) in [7, 11) is 0. The van der Waals surface area contributed by atoms with Gasteiger partial charge in [0, 0.05) is 20.3 Å². The minimum Gasteiger partial charge on any atom is -0.398 e. The number of thioether (sulfide) groups is 1. The fourth-order valence-electron chi connectivity index (χ4n) is 2.00. The van der Waals surface area contributed by atoms with Crippen LogP contribution in [-0.2, 0) is 0 Å². The molecule has 1 aliphatic rings. The van der Waals surface area contributed by atoms with Crippen molar-refractivity contribution in [3.8, 4) is 0 Å². The molecule has 1 saturated carbocycles. The highest BCUT2D eigenvalue weighted by Gasteiger charge is 2.24. The Morgan fingerprint density at radius 1 is 1.31 bits per heavy atom. The third-order valence-corrected chi connectivity index (χ3v) is 4.89. The maximum Gasteiger partial charge on any atom is 0.0662 e. The Bertz CT molecular complexity index is 372. The van der Waals surface area contributed by atoms with Crippen LogP contribution in [-0.4, -0.2) is 16.5 Å². The van der Waals surface area contributed by atoms with E-state index in [4.69, 9.17) is 5.73 Å². The number of hydrogen-bond acceptors (Lipinski definition) is 3. The van der Waals surface area contributed by atoms with Crippen molar-refractivity contribution < 1.29 is 5.11 Å². The third-order valence-electron chi connectivity index (χ3n) is 2.92. The first-order valence-electron chi connectivity index (χ1n) is 5.56. The number of nitrogens with two attached hydrogens (primary N) is 1. The van der Waals surface area contributed by atoms with E-state index >= 15 is 0 Å². The van der Waals surface area contributed by atoms with E-state index in [1.165, 1.54) is 6.42 Å². The zero-order chi connectivity index (χ0) is 11.5. The molecule has 2 nitrogen and oxygen atoms in total. The molecular weight excluding hydrogens is 286 g/mol. The number of benzene rings is 1. The van der Waals surface area contributed by atoms with Gasteiger partial charge in [0.05, 0.1) is 6.10 Å². The summed E-state index contributed by atoms with van der Waals surface area (Å²) in [6.45, 7) is 0. The lowest BCUT2D eigenvalue weighted by Crippen LogP contribution is -2.26. The first-order chi connectivity index (χ1) is 7.66. The van der Waals surface area contributed by atoms with E-state index in [-0.39, 0.29) is 6.10 Å². The second-order valence-electron chi connectivity index (χ2n) is 4.19. The highest BCUT2D eigenvalue weighted by atomic mass is 79.9. The van der Waals surface area contributed by atoms with Gasteiger partial charge in [0.1, 0.15) is 0 Å². The molecule has 0 spiro atoms. The zero-order valence-electron chi connectivity index (χ0n) is 9.03. The van der Waals surface area contributed by atoms with Crippen molar-refractivity contribution in [2.24, 2.45) is 0 Å². The predicted octanol–water partition coefficient (Wildman–Crippen LogP) is 3.43. The smallest absolute Gasteiger partial charge is 0.0662 e. The number of aliphatic hydroxyl groups is 1. The van der Waals surface area contributed by atoms with Crippen molar-refractivity contribution in [1.29, 1.82) is 0 Å². The van der Waals surface area contributed by atoms with Gasteiger partial charge in [-0.05, 0) is 31.0 Å². The number of rotatable bonds is 2. The van der Waals surface area contributed by atoms with Crippen LogP contribution in [0.2, 0.25) is 0 Å². The van der Waals surface area contributed by atoms with Gasteiger partial charge in [-0.2, -0.15) is 0 Å². The molecule has 0 heterocycles. The molecule has 0 saturated heterocycles. The highest BCUT2D eigenvalue weighted by molar-refractivity contribution is 9.10. The minimum absolute atomic E-state index is 0.179. The molecule has 16 heavy (non-hydrogen) atoms. The summed E-state index contributed by atoms with van der Waals surface area (Å²) in [4.78, 5) is 1.08. The number of aliphatic hydroxyl groups excluding tert-OH is 1. The summed E-state index contributed by atoms with van der Waals surface area (Å²) >= 11 is 5.11. The Labute approximate surface area is 109 Å². The molecule has 0 aromatic heterocycles. The molecule has 4 heteroatoms. The standard InChI is InChI=1S/C12H16BrNOS/c13-8-5-6-11(9(14)7-8)16-12-4-2-1-3-10(12)15/h5-7,10,12,15H,1-4,14H2. The van der Waals surface area contributed by atoms with Crippen LogP contribution in [0.1, 0.15) is 25.7 Å². The Hall–Kier alpha value is -0.190. The maximum atomic E-state index is 9.90. The molecule has 2 rings (SSSR count). The van der Waals surface area contributed by atoms with Crippen molar-refractivity contribution in [2.75, 3.05) is 5.73 Å². The summed E-state index contributed by atoms with van der Waals surface area (Å²) in [5.41, 5.74) is 6.74. The van der Waals surface area contributed by atoms with Crippen LogP contribution in [0.5, 0.6) is 0 Å². The molecule has 3 N–H and O–H groups in total. The van der Waals surface area contributed by atoms with Crippen LogP contribution in [0.3, 0.4) is 0 Å². The lowest BCUT2D eigenvalue weighted by Gasteiger charge is -2.27. The predicted molar refractivity (Wildman–Crippen MR) is 72.7 cm³/mol. The molecule has 1 aromatic carbocycles. The number of nitrogen functional groups attached to an aromatic ring is 1. The molecule has 1 fully saturated rings. The van der Waals surface area contributed by atoms with Crippen molar-refractivity contribution >= 4 is 33.4 Å². The molecule has 0 bridgehead atoms. The van der Waals surface area contributed by atoms with Gasteiger partial charge < -0.3 is 10.8 Å². The van der Waals surface area contributed by atoms with E-state index in [2.05, 4.69) is 15.9 Å². The second kappa shape index (κ2) is 5.43. The molecule has 0 amide bonds. The van der Waals surface area contributed by atoms with E-state index in [1.54, 1.807) is 11.8 Å². The van der Waals surface area contributed by atoms with E-state index in [0.717, 1.165) is 34.3 Å². The second-order valence-corrected chi connectivity index (χ2v) is 6.39. The van der Waals surface area contributed by atoms with Crippen LogP contribution < -0.4 is 5.73 Å². The zero-order valence-corrected chi connectivity index (χ0v) is 11.4. The van der Waals surface area contributed by atoms with Crippen molar-refractivity contribution in [3.63, 3.8) is 0 Å². The quantitative estimate of drug-likeness (QED) is 0.823. The van der Waals surface area contributed by atoms with Crippen LogP contribution in [0.4, 0.5) is 5.69 Å². The highest BCUT2D eigenvalue weighted by Crippen LogP contribution is 2.37. The normalized spacial score (nSPS) is 25.6. The van der Waals surface area contributed by atoms with Crippen molar-refractivity contribution in [3.05, 3.63) is 22.7 Å². The first-order valence-corrected chi connectivity index (χ1v) is 7.24.